The number of nitrogens with zero attached hydrogens (tertiary/aromatic N) is 1. The monoisotopic (exact) mass is 204 g/mol. The molecule has 0 amide bonds. The molecule has 2 aliphatic heterocycles. The number of pyridine rings is 1. The minimum Gasteiger partial charge on any atom is -0.376 e. The second kappa shape index (κ2) is 3.91. The molecule has 3 nitrogen and oxygen atoms in total. The predicted molar refractivity (Wildman–Crippen MR) is 57.6 cm³/mol. The Bertz CT molecular complexity index is 359. The van der Waals surface area contributed by atoms with Crippen LogP contribution in [0.25, 0.3) is 0 Å². The molecule has 3 heterocycles. The first-order chi connectivity index (χ1) is 7.43. The van der Waals surface area contributed by atoms with Gasteiger partial charge in [-0.15, -0.1) is 0 Å². The topological polar surface area (TPSA) is 34.2 Å². The van der Waals surface area contributed by atoms with Crippen molar-refractivity contribution in [3.8, 4) is 0 Å². The zero-order chi connectivity index (χ0) is 10.1. The molecule has 1 fully saturated rings. The van der Waals surface area contributed by atoms with Gasteiger partial charge >= 0.3 is 0 Å². The van der Waals surface area contributed by atoms with Gasteiger partial charge in [-0.05, 0) is 36.6 Å². The fourth-order valence-electron chi connectivity index (χ4n) is 2.42. The molecule has 0 saturated carbocycles. The zero-order valence-corrected chi connectivity index (χ0v) is 8.83. The Labute approximate surface area is 89.9 Å². The van der Waals surface area contributed by atoms with Gasteiger partial charge in [-0.25, -0.2) is 0 Å². The molecule has 80 valence electrons. The van der Waals surface area contributed by atoms with Crippen LogP contribution in [0, 0.1) is 0 Å². The number of rotatable bonds is 1. The number of hydrogen-bond acceptors (Lipinski definition) is 3. The van der Waals surface area contributed by atoms with E-state index in [1.54, 1.807) is 0 Å². The fourth-order valence-corrected chi connectivity index (χ4v) is 2.42. The standard InChI is InChI=1S/C12H16N2O/c1-2-11(13-4-1)9-6-10-8-15-5-3-12(10)14-7-9/h6-7,11,13H,1-5,8H2. The summed E-state index contributed by atoms with van der Waals surface area (Å²) in [6.07, 6.45) is 5.51. The third-order valence-corrected chi connectivity index (χ3v) is 3.28. The summed E-state index contributed by atoms with van der Waals surface area (Å²) in [4.78, 5) is 4.54. The third kappa shape index (κ3) is 1.77. The minimum atomic E-state index is 0.518. The Kier molecular flexibility index (Phi) is 2.43. The van der Waals surface area contributed by atoms with Crippen LogP contribution in [0.15, 0.2) is 12.3 Å². The molecule has 1 saturated heterocycles. The van der Waals surface area contributed by atoms with E-state index < -0.39 is 0 Å². The van der Waals surface area contributed by atoms with E-state index in [4.69, 9.17) is 4.74 Å². The smallest absolute Gasteiger partial charge is 0.0734 e. The van der Waals surface area contributed by atoms with E-state index in [0.29, 0.717) is 6.04 Å². The first-order valence-corrected chi connectivity index (χ1v) is 5.72. The second-order valence-corrected chi connectivity index (χ2v) is 4.33. The van der Waals surface area contributed by atoms with E-state index in [9.17, 15) is 0 Å². The molecule has 1 aromatic rings. The van der Waals surface area contributed by atoms with Gasteiger partial charge in [0.05, 0.1) is 13.2 Å². The van der Waals surface area contributed by atoms with E-state index in [2.05, 4.69) is 16.4 Å². The highest BCUT2D eigenvalue weighted by atomic mass is 16.5. The number of ether oxygens (including phenoxy) is 1. The van der Waals surface area contributed by atoms with Crippen LogP contribution in [-0.4, -0.2) is 18.1 Å². The molecular formula is C12H16N2O. The van der Waals surface area contributed by atoms with Crippen molar-refractivity contribution in [1.82, 2.24) is 10.3 Å². The molecule has 3 rings (SSSR count). The molecule has 3 heteroatoms. The lowest BCUT2D eigenvalue weighted by Gasteiger charge is -2.18. The average molecular weight is 204 g/mol. The molecule has 1 aromatic heterocycles. The molecule has 0 aliphatic carbocycles. The van der Waals surface area contributed by atoms with Crippen molar-refractivity contribution < 1.29 is 4.74 Å². The van der Waals surface area contributed by atoms with Crippen LogP contribution in [0.1, 0.15) is 35.7 Å². The largest absolute Gasteiger partial charge is 0.376 e. The van der Waals surface area contributed by atoms with Crippen LogP contribution in [0.5, 0.6) is 0 Å². The summed E-state index contributed by atoms with van der Waals surface area (Å²) in [5, 5.41) is 3.50. The average Bonchev–Trinajstić information content (AvgIpc) is 2.82. The van der Waals surface area contributed by atoms with Crippen LogP contribution in [0.2, 0.25) is 0 Å². The van der Waals surface area contributed by atoms with Gasteiger partial charge in [0.15, 0.2) is 0 Å². The fraction of sp³-hybridized carbons (Fsp3) is 0.583. The Balaban J connectivity index is 1.89. The molecule has 0 radical (unpaired) electrons. The maximum Gasteiger partial charge on any atom is 0.0734 e. The van der Waals surface area contributed by atoms with E-state index in [1.807, 2.05) is 6.20 Å². The van der Waals surface area contributed by atoms with Crippen LogP contribution >= 0.6 is 0 Å². The molecule has 2 aliphatic rings. The zero-order valence-electron chi connectivity index (χ0n) is 8.83. The highest BCUT2D eigenvalue weighted by Gasteiger charge is 2.19. The van der Waals surface area contributed by atoms with Gasteiger partial charge in [0.2, 0.25) is 0 Å². The van der Waals surface area contributed by atoms with Gasteiger partial charge in [0.1, 0.15) is 0 Å². The number of nitrogens with one attached hydrogen (secondary N) is 1. The SMILES string of the molecule is c1nc2c(cc1C1CCCN1)COCC2. The molecule has 1 atom stereocenters. The predicted octanol–water partition coefficient (Wildman–Crippen LogP) is 1.58. The van der Waals surface area contributed by atoms with E-state index in [0.717, 1.165) is 26.2 Å². The van der Waals surface area contributed by atoms with Crippen molar-refractivity contribution >= 4 is 0 Å². The lowest BCUT2D eigenvalue weighted by Crippen LogP contribution is -2.16. The highest BCUT2D eigenvalue weighted by Crippen LogP contribution is 2.25. The Hall–Kier alpha value is -0.930. The summed E-state index contributed by atoms with van der Waals surface area (Å²) in [6, 6.07) is 2.79. The lowest BCUT2D eigenvalue weighted by atomic mass is 10.0. The molecule has 1 N–H and O–H groups in total. The maximum atomic E-state index is 5.45. The normalized spacial score (nSPS) is 25.2. The number of aromatic nitrogens is 1. The van der Waals surface area contributed by atoms with Crippen molar-refractivity contribution in [3.05, 3.63) is 29.1 Å². The quantitative estimate of drug-likeness (QED) is 0.754. The van der Waals surface area contributed by atoms with Gasteiger partial charge in [0, 0.05) is 24.4 Å². The summed E-state index contributed by atoms with van der Waals surface area (Å²) in [6.45, 7) is 2.70. The van der Waals surface area contributed by atoms with Crippen LogP contribution in [-0.2, 0) is 17.8 Å². The number of hydrogen-bond donors (Lipinski definition) is 1. The van der Waals surface area contributed by atoms with Crippen molar-refractivity contribution in [1.29, 1.82) is 0 Å². The van der Waals surface area contributed by atoms with Crippen molar-refractivity contribution in [2.45, 2.75) is 31.9 Å². The summed E-state index contributed by atoms with van der Waals surface area (Å²) in [5.41, 5.74) is 3.84. The molecule has 0 spiro atoms. The van der Waals surface area contributed by atoms with E-state index in [-0.39, 0.29) is 0 Å². The second-order valence-electron chi connectivity index (χ2n) is 4.33. The summed E-state index contributed by atoms with van der Waals surface area (Å²) < 4.78 is 5.45. The minimum absolute atomic E-state index is 0.518. The van der Waals surface area contributed by atoms with Gasteiger partial charge in [0.25, 0.3) is 0 Å². The summed E-state index contributed by atoms with van der Waals surface area (Å²) >= 11 is 0. The first-order valence-electron chi connectivity index (χ1n) is 5.72. The highest BCUT2D eigenvalue weighted by molar-refractivity contribution is 5.28. The van der Waals surface area contributed by atoms with Crippen LogP contribution in [0.4, 0.5) is 0 Å². The maximum absolute atomic E-state index is 5.45. The van der Waals surface area contributed by atoms with E-state index >= 15 is 0 Å². The first kappa shape index (κ1) is 9.31. The lowest BCUT2D eigenvalue weighted by molar-refractivity contribution is 0.109. The van der Waals surface area contributed by atoms with Crippen LogP contribution in [0.3, 0.4) is 0 Å². The van der Waals surface area contributed by atoms with Gasteiger partial charge in [-0.3, -0.25) is 4.98 Å². The molecule has 15 heavy (non-hydrogen) atoms. The molecule has 0 aromatic carbocycles. The Morgan fingerprint density at radius 1 is 1.47 bits per heavy atom. The number of fused-ring (bicyclic) bond motifs is 1. The molecular weight excluding hydrogens is 188 g/mol. The van der Waals surface area contributed by atoms with Crippen molar-refractivity contribution in [2.75, 3.05) is 13.2 Å². The van der Waals surface area contributed by atoms with Crippen LogP contribution < -0.4 is 5.32 Å². The van der Waals surface area contributed by atoms with Crippen molar-refractivity contribution in [3.63, 3.8) is 0 Å². The van der Waals surface area contributed by atoms with Gasteiger partial charge in [-0.1, -0.05) is 0 Å². The third-order valence-electron chi connectivity index (χ3n) is 3.28. The van der Waals surface area contributed by atoms with Crippen molar-refractivity contribution in [2.24, 2.45) is 0 Å². The van der Waals surface area contributed by atoms with E-state index in [1.165, 1.54) is 29.7 Å². The van der Waals surface area contributed by atoms with Gasteiger partial charge < -0.3 is 10.1 Å². The molecule has 0 bridgehead atoms. The Morgan fingerprint density at radius 3 is 3.33 bits per heavy atom. The van der Waals surface area contributed by atoms with Gasteiger partial charge in [-0.2, -0.15) is 0 Å². The molecule has 1 unspecified atom stereocenters. The summed E-state index contributed by atoms with van der Waals surface area (Å²) in [7, 11) is 0. The summed E-state index contributed by atoms with van der Waals surface area (Å²) in [5.74, 6) is 0. The Morgan fingerprint density at radius 2 is 2.47 bits per heavy atom.